The molecule has 0 aromatic heterocycles. The van der Waals surface area contributed by atoms with Gasteiger partial charge in [-0.15, -0.1) is 4.33 Å². The Balaban J connectivity index is 1.53. The average Bonchev–Trinajstić information content (AvgIpc) is 2.69. The first-order valence-electron chi connectivity index (χ1n) is 8.30. The Hall–Kier alpha value is -2.21. The molecule has 26 heavy (non-hydrogen) atoms. The van der Waals surface area contributed by atoms with E-state index in [-0.39, 0.29) is 0 Å². The molecule has 0 atom stereocenters. The molecule has 0 saturated heterocycles. The maximum atomic E-state index is 5.35. The van der Waals surface area contributed by atoms with Crippen LogP contribution in [-0.2, 0) is 4.33 Å². The van der Waals surface area contributed by atoms with Crippen LogP contribution in [0.25, 0.3) is 0 Å². The Kier molecular flexibility index (Phi) is 5.29. The molecular formula is C21H18NO2S2+. The molecule has 5 heteroatoms. The molecule has 3 aromatic rings. The predicted octanol–water partition coefficient (Wildman–Crippen LogP) is 5.84. The largest absolute Gasteiger partial charge is 0.325 e. The van der Waals surface area contributed by atoms with Crippen molar-refractivity contribution in [3.05, 3.63) is 83.9 Å². The van der Waals surface area contributed by atoms with E-state index in [9.17, 15) is 0 Å². The number of aryl methyl sites for hydroxylation is 1. The fraction of sp³-hybridized carbons (Fsp3) is 0.0952. The molecular weight excluding hydrogens is 362 g/mol. The van der Waals surface area contributed by atoms with Gasteiger partial charge in [-0.25, -0.2) is 0 Å². The van der Waals surface area contributed by atoms with Crippen molar-refractivity contribution < 1.29 is 13.8 Å². The van der Waals surface area contributed by atoms with E-state index in [1.807, 2.05) is 48.2 Å². The molecule has 0 radical (unpaired) electrons. The van der Waals surface area contributed by atoms with Crippen molar-refractivity contribution in [3.8, 4) is 5.75 Å². The molecule has 1 heterocycles. The van der Waals surface area contributed by atoms with Crippen molar-refractivity contribution in [2.45, 2.75) is 16.7 Å². The van der Waals surface area contributed by atoms with Gasteiger partial charge in [0.15, 0.2) is 17.8 Å². The van der Waals surface area contributed by atoms with E-state index >= 15 is 0 Å². The SMILES string of the molecule is Cc1cc(SOOc2ccccc2)cc2c1SC[N+](c1ccccc1)=C2. The Morgan fingerprint density at radius 3 is 2.46 bits per heavy atom. The summed E-state index contributed by atoms with van der Waals surface area (Å²) in [6, 6.07) is 24.2. The Bertz CT molecular complexity index is 928. The lowest BCUT2D eigenvalue weighted by molar-refractivity contribution is -0.411. The summed E-state index contributed by atoms with van der Waals surface area (Å²) in [5, 5.41) is 0. The molecule has 1 aliphatic rings. The summed E-state index contributed by atoms with van der Waals surface area (Å²) in [6.07, 6.45) is 2.20. The standard InChI is InChI=1S/C21H18NO2S2/c1-16-12-20(26-24-23-19-10-6-3-7-11-19)13-17-14-22(15-25-21(16)17)18-8-4-2-5-9-18/h2-14H,15H2,1H3/q+1. The molecule has 0 N–H and O–H groups in total. The molecule has 4 rings (SSSR count). The van der Waals surface area contributed by atoms with Crippen molar-refractivity contribution in [2.75, 3.05) is 5.88 Å². The molecule has 0 bridgehead atoms. The number of hydrogen-bond acceptors (Lipinski definition) is 4. The maximum absolute atomic E-state index is 5.35. The van der Waals surface area contributed by atoms with Crippen molar-refractivity contribution >= 4 is 35.7 Å². The highest BCUT2D eigenvalue weighted by Crippen LogP contribution is 2.34. The van der Waals surface area contributed by atoms with E-state index in [0.717, 1.165) is 10.8 Å². The lowest BCUT2D eigenvalue weighted by Gasteiger charge is -2.15. The summed E-state index contributed by atoms with van der Waals surface area (Å²) < 4.78 is 7.61. The molecule has 0 fully saturated rings. The Morgan fingerprint density at radius 2 is 1.69 bits per heavy atom. The minimum Gasteiger partial charge on any atom is -0.325 e. The van der Waals surface area contributed by atoms with Gasteiger partial charge in [-0.2, -0.15) is 4.58 Å². The van der Waals surface area contributed by atoms with Crippen LogP contribution in [0.2, 0.25) is 0 Å². The van der Waals surface area contributed by atoms with Crippen molar-refractivity contribution in [1.82, 2.24) is 0 Å². The minimum atomic E-state index is 0.687. The van der Waals surface area contributed by atoms with Crippen molar-refractivity contribution in [3.63, 3.8) is 0 Å². The van der Waals surface area contributed by atoms with Gasteiger partial charge in [-0.1, -0.05) is 48.2 Å². The van der Waals surface area contributed by atoms with Gasteiger partial charge in [0.2, 0.25) is 5.69 Å². The highest BCUT2D eigenvalue weighted by molar-refractivity contribution is 7.99. The van der Waals surface area contributed by atoms with Crippen molar-refractivity contribution in [2.24, 2.45) is 0 Å². The number of nitrogens with zero attached hydrogens (tertiary/aromatic N) is 1. The first-order valence-corrected chi connectivity index (χ1v) is 10.0. The van der Waals surface area contributed by atoms with Crippen LogP contribution in [-0.4, -0.2) is 16.7 Å². The predicted molar refractivity (Wildman–Crippen MR) is 107 cm³/mol. The summed E-state index contributed by atoms with van der Waals surface area (Å²) in [6.45, 7) is 2.14. The van der Waals surface area contributed by atoms with Crippen LogP contribution in [0.5, 0.6) is 5.75 Å². The quantitative estimate of drug-likeness (QED) is 0.240. The topological polar surface area (TPSA) is 21.5 Å². The molecule has 0 amide bonds. The van der Waals surface area contributed by atoms with E-state index < -0.39 is 0 Å². The first kappa shape index (κ1) is 17.2. The van der Waals surface area contributed by atoms with Gasteiger partial charge in [0.1, 0.15) is 0 Å². The van der Waals surface area contributed by atoms with Crippen LogP contribution in [0.3, 0.4) is 0 Å². The van der Waals surface area contributed by atoms with Crippen LogP contribution >= 0.6 is 23.8 Å². The fourth-order valence-corrected chi connectivity index (χ4v) is 4.44. The summed E-state index contributed by atoms with van der Waals surface area (Å²) >= 11 is 3.09. The summed E-state index contributed by atoms with van der Waals surface area (Å²) in [5.74, 6) is 1.60. The van der Waals surface area contributed by atoms with Gasteiger partial charge >= 0.3 is 0 Å². The molecule has 3 aromatic carbocycles. The summed E-state index contributed by atoms with van der Waals surface area (Å²) in [7, 11) is 0. The van der Waals surface area contributed by atoms with Gasteiger partial charge < -0.3 is 4.89 Å². The zero-order valence-corrected chi connectivity index (χ0v) is 15.9. The lowest BCUT2D eigenvalue weighted by Crippen LogP contribution is -2.13. The van der Waals surface area contributed by atoms with Gasteiger partial charge in [-0.05, 0) is 36.8 Å². The van der Waals surface area contributed by atoms with Gasteiger partial charge in [-0.3, -0.25) is 0 Å². The second-order valence-electron chi connectivity index (χ2n) is 5.91. The number of para-hydroxylation sites is 2. The monoisotopic (exact) mass is 380 g/mol. The second-order valence-corrected chi connectivity index (χ2v) is 7.64. The van der Waals surface area contributed by atoms with Crippen LogP contribution < -0.4 is 4.89 Å². The zero-order valence-electron chi connectivity index (χ0n) is 14.3. The van der Waals surface area contributed by atoms with Crippen molar-refractivity contribution in [1.29, 1.82) is 0 Å². The number of hydrogen-bond donors (Lipinski definition) is 0. The molecule has 130 valence electrons. The average molecular weight is 381 g/mol. The Morgan fingerprint density at radius 1 is 0.962 bits per heavy atom. The fourth-order valence-electron chi connectivity index (χ4n) is 2.79. The van der Waals surface area contributed by atoms with Crippen LogP contribution in [0.4, 0.5) is 5.69 Å². The number of thioether (sulfide) groups is 1. The first-order chi connectivity index (χ1) is 12.8. The van der Waals surface area contributed by atoms with E-state index in [0.29, 0.717) is 5.75 Å². The van der Waals surface area contributed by atoms with E-state index in [4.69, 9.17) is 9.22 Å². The van der Waals surface area contributed by atoms with Gasteiger partial charge in [0.25, 0.3) is 0 Å². The van der Waals surface area contributed by atoms with E-state index in [1.54, 1.807) is 0 Å². The smallest absolute Gasteiger partial charge is 0.205 e. The molecule has 0 spiro atoms. The summed E-state index contributed by atoms with van der Waals surface area (Å²) in [5.41, 5.74) is 3.66. The summed E-state index contributed by atoms with van der Waals surface area (Å²) in [4.78, 5) is 7.66. The highest BCUT2D eigenvalue weighted by Gasteiger charge is 2.21. The number of fused-ring (bicyclic) bond motifs is 1. The van der Waals surface area contributed by atoms with E-state index in [2.05, 4.69) is 54.1 Å². The molecule has 0 saturated carbocycles. The Labute approximate surface area is 161 Å². The minimum absolute atomic E-state index is 0.687. The van der Waals surface area contributed by atoms with Gasteiger partial charge in [0, 0.05) is 21.9 Å². The normalized spacial score (nSPS) is 13.0. The third kappa shape index (κ3) is 3.96. The van der Waals surface area contributed by atoms with E-state index in [1.165, 1.54) is 33.8 Å². The maximum Gasteiger partial charge on any atom is 0.205 e. The van der Waals surface area contributed by atoms with Crippen LogP contribution in [0, 0.1) is 6.92 Å². The molecule has 0 aliphatic carbocycles. The van der Waals surface area contributed by atoms with Gasteiger partial charge in [0.05, 0.1) is 17.6 Å². The number of benzene rings is 3. The third-order valence-electron chi connectivity index (χ3n) is 4.01. The zero-order chi connectivity index (χ0) is 17.8. The second kappa shape index (κ2) is 7.99. The lowest BCUT2D eigenvalue weighted by atomic mass is 10.1. The molecule has 0 unspecified atom stereocenters. The van der Waals surface area contributed by atoms with Crippen LogP contribution in [0.15, 0.2) is 82.6 Å². The molecule has 3 nitrogen and oxygen atoms in total. The van der Waals surface area contributed by atoms with Crippen LogP contribution in [0.1, 0.15) is 11.1 Å². The number of rotatable bonds is 5. The molecule has 1 aliphatic heterocycles. The third-order valence-corrected chi connectivity index (χ3v) is 5.83. The highest BCUT2D eigenvalue weighted by atomic mass is 32.2.